The number of hydrogen-bond acceptors (Lipinski definition) is 4. The van der Waals surface area contributed by atoms with E-state index in [1.54, 1.807) is 6.07 Å². The van der Waals surface area contributed by atoms with E-state index in [9.17, 15) is 9.59 Å². The largest absolute Gasteiger partial charge is 0.370 e. The van der Waals surface area contributed by atoms with Gasteiger partial charge in [-0.2, -0.15) is 0 Å². The minimum absolute atomic E-state index is 0.116. The zero-order valence-corrected chi connectivity index (χ0v) is 14.4. The lowest BCUT2D eigenvalue weighted by Gasteiger charge is -2.29. The van der Waals surface area contributed by atoms with Gasteiger partial charge in [-0.3, -0.25) is 14.6 Å². The van der Waals surface area contributed by atoms with Crippen LogP contribution in [0, 0.1) is 0 Å². The molecule has 0 radical (unpaired) electrons. The normalized spacial score (nSPS) is 14.2. The number of benzene rings is 1. The van der Waals surface area contributed by atoms with Gasteiger partial charge in [0, 0.05) is 25.0 Å². The molecule has 25 heavy (non-hydrogen) atoms. The van der Waals surface area contributed by atoms with E-state index in [4.69, 9.17) is 17.3 Å². The molecule has 2 heterocycles. The Morgan fingerprint density at radius 1 is 1.12 bits per heavy atom. The summed E-state index contributed by atoms with van der Waals surface area (Å²) in [5.74, 6) is -0.961. The molecular weight excluding hydrogens is 340 g/mol. The average molecular weight is 359 g/mol. The predicted octanol–water partition coefficient (Wildman–Crippen LogP) is 3.08. The van der Waals surface area contributed by atoms with Crippen molar-refractivity contribution in [3.8, 4) is 0 Å². The van der Waals surface area contributed by atoms with Crippen molar-refractivity contribution < 1.29 is 9.59 Å². The lowest BCUT2D eigenvalue weighted by Crippen LogP contribution is -2.29. The molecule has 0 bridgehead atoms. The molecule has 1 aromatic heterocycles. The van der Waals surface area contributed by atoms with E-state index in [0.717, 1.165) is 18.8 Å². The minimum Gasteiger partial charge on any atom is -0.370 e. The van der Waals surface area contributed by atoms with Crippen LogP contribution in [-0.4, -0.2) is 29.9 Å². The van der Waals surface area contributed by atoms with E-state index in [0.29, 0.717) is 16.3 Å². The van der Waals surface area contributed by atoms with Crippen LogP contribution in [0.3, 0.4) is 0 Å². The van der Waals surface area contributed by atoms with Crippen LogP contribution in [0.25, 0.3) is 0 Å². The number of rotatable bonds is 4. The molecule has 1 aliphatic heterocycles. The Hall–Kier alpha value is -2.60. The number of primary amides is 1. The molecule has 1 fully saturated rings. The van der Waals surface area contributed by atoms with Gasteiger partial charge in [0.1, 0.15) is 5.69 Å². The minimum atomic E-state index is -0.632. The predicted molar refractivity (Wildman–Crippen MR) is 98.2 cm³/mol. The first-order valence-electron chi connectivity index (χ1n) is 8.16. The molecule has 0 saturated carbocycles. The molecule has 0 atom stereocenters. The SMILES string of the molecule is NC(=O)c1ccc(C(=O)Nc2ccc(N3CCCCC3)c(Cl)c2)cn1. The molecule has 2 amide bonds. The van der Waals surface area contributed by atoms with Crippen LogP contribution in [0.5, 0.6) is 0 Å². The molecule has 6 nitrogen and oxygen atoms in total. The summed E-state index contributed by atoms with van der Waals surface area (Å²) in [6, 6.07) is 8.43. The maximum atomic E-state index is 12.3. The third-order valence-electron chi connectivity index (χ3n) is 4.18. The van der Waals surface area contributed by atoms with Gasteiger partial charge in [0.2, 0.25) is 0 Å². The number of pyridine rings is 1. The summed E-state index contributed by atoms with van der Waals surface area (Å²) in [5, 5.41) is 3.39. The lowest BCUT2D eigenvalue weighted by molar-refractivity contribution is 0.0990. The topological polar surface area (TPSA) is 88.3 Å². The summed E-state index contributed by atoms with van der Waals surface area (Å²) in [6.45, 7) is 2.01. The number of piperidine rings is 1. The van der Waals surface area contributed by atoms with Crippen molar-refractivity contribution in [1.29, 1.82) is 0 Å². The number of carbonyl (C=O) groups is 2. The Kier molecular flexibility index (Phi) is 5.19. The van der Waals surface area contributed by atoms with Crippen LogP contribution in [-0.2, 0) is 0 Å². The van der Waals surface area contributed by atoms with E-state index in [-0.39, 0.29) is 11.6 Å². The van der Waals surface area contributed by atoms with E-state index in [1.165, 1.54) is 37.6 Å². The van der Waals surface area contributed by atoms with Gasteiger partial charge in [0.25, 0.3) is 11.8 Å². The van der Waals surface area contributed by atoms with Gasteiger partial charge in [0.05, 0.1) is 16.3 Å². The number of nitrogens with two attached hydrogens (primary N) is 1. The van der Waals surface area contributed by atoms with Gasteiger partial charge in [-0.15, -0.1) is 0 Å². The fourth-order valence-corrected chi connectivity index (χ4v) is 3.15. The highest BCUT2D eigenvalue weighted by atomic mass is 35.5. The Labute approximate surface area is 151 Å². The highest BCUT2D eigenvalue weighted by molar-refractivity contribution is 6.33. The van der Waals surface area contributed by atoms with Crippen LogP contribution >= 0.6 is 11.6 Å². The first kappa shape index (κ1) is 17.2. The zero-order chi connectivity index (χ0) is 17.8. The number of aromatic nitrogens is 1. The Balaban J connectivity index is 1.70. The highest BCUT2D eigenvalue weighted by Crippen LogP contribution is 2.30. The number of halogens is 1. The molecule has 7 heteroatoms. The Morgan fingerprint density at radius 2 is 1.88 bits per heavy atom. The molecule has 3 N–H and O–H groups in total. The van der Waals surface area contributed by atoms with Crippen LogP contribution in [0.1, 0.15) is 40.1 Å². The van der Waals surface area contributed by atoms with Crippen LogP contribution in [0.15, 0.2) is 36.5 Å². The zero-order valence-electron chi connectivity index (χ0n) is 13.7. The van der Waals surface area contributed by atoms with Crippen LogP contribution in [0.2, 0.25) is 5.02 Å². The number of hydrogen-bond donors (Lipinski definition) is 2. The van der Waals surface area contributed by atoms with Gasteiger partial charge in [-0.25, -0.2) is 0 Å². The first-order chi connectivity index (χ1) is 12.0. The summed E-state index contributed by atoms with van der Waals surface area (Å²) in [6.07, 6.45) is 4.91. The van der Waals surface area contributed by atoms with Gasteiger partial charge in [-0.1, -0.05) is 11.6 Å². The van der Waals surface area contributed by atoms with E-state index < -0.39 is 5.91 Å². The molecule has 0 aliphatic carbocycles. The maximum Gasteiger partial charge on any atom is 0.267 e. The maximum absolute atomic E-state index is 12.3. The number of amides is 2. The van der Waals surface area contributed by atoms with E-state index in [2.05, 4.69) is 15.2 Å². The van der Waals surface area contributed by atoms with Crippen LogP contribution in [0.4, 0.5) is 11.4 Å². The first-order valence-corrected chi connectivity index (χ1v) is 8.54. The molecule has 130 valence electrons. The third kappa shape index (κ3) is 4.09. The summed E-state index contributed by atoms with van der Waals surface area (Å²) in [4.78, 5) is 29.4. The van der Waals surface area contributed by atoms with Crippen molar-refractivity contribution in [3.05, 3.63) is 52.8 Å². The van der Waals surface area contributed by atoms with Gasteiger partial charge in [0.15, 0.2) is 0 Å². The second kappa shape index (κ2) is 7.53. The molecule has 3 rings (SSSR count). The van der Waals surface area contributed by atoms with Crippen molar-refractivity contribution in [3.63, 3.8) is 0 Å². The second-order valence-electron chi connectivity index (χ2n) is 5.96. The van der Waals surface area contributed by atoms with Crippen molar-refractivity contribution >= 4 is 34.8 Å². The molecule has 1 aromatic carbocycles. The molecule has 1 saturated heterocycles. The Morgan fingerprint density at radius 3 is 2.48 bits per heavy atom. The third-order valence-corrected chi connectivity index (χ3v) is 4.48. The summed E-state index contributed by atoms with van der Waals surface area (Å²) >= 11 is 6.39. The molecular formula is C18H19ClN4O2. The average Bonchev–Trinajstić information content (AvgIpc) is 2.62. The molecule has 1 aliphatic rings. The molecule has 0 spiro atoms. The number of nitrogens with one attached hydrogen (secondary N) is 1. The molecule has 2 aromatic rings. The summed E-state index contributed by atoms with van der Waals surface area (Å²) < 4.78 is 0. The van der Waals surface area contributed by atoms with Crippen molar-refractivity contribution in [2.24, 2.45) is 5.73 Å². The number of nitrogens with zero attached hydrogens (tertiary/aromatic N) is 2. The summed E-state index contributed by atoms with van der Waals surface area (Å²) in [5.41, 5.74) is 7.18. The van der Waals surface area contributed by atoms with Gasteiger partial charge in [-0.05, 0) is 49.6 Å². The standard InChI is InChI=1S/C18H19ClN4O2/c19-14-10-13(5-7-16(14)23-8-2-1-3-9-23)22-18(25)12-4-6-15(17(20)24)21-11-12/h4-7,10-11H,1-3,8-9H2,(H2,20,24)(H,22,25). The smallest absolute Gasteiger partial charge is 0.267 e. The summed E-state index contributed by atoms with van der Waals surface area (Å²) in [7, 11) is 0. The Bertz CT molecular complexity index is 786. The van der Waals surface area contributed by atoms with Crippen LogP contribution < -0.4 is 16.0 Å². The van der Waals surface area contributed by atoms with E-state index >= 15 is 0 Å². The van der Waals surface area contributed by atoms with Gasteiger partial charge >= 0.3 is 0 Å². The molecule has 0 unspecified atom stereocenters. The number of carbonyl (C=O) groups excluding carboxylic acids is 2. The highest BCUT2D eigenvalue weighted by Gasteiger charge is 2.15. The number of anilines is 2. The van der Waals surface area contributed by atoms with Crippen molar-refractivity contribution in [2.45, 2.75) is 19.3 Å². The fourth-order valence-electron chi connectivity index (χ4n) is 2.85. The monoisotopic (exact) mass is 358 g/mol. The fraction of sp³-hybridized carbons (Fsp3) is 0.278. The van der Waals surface area contributed by atoms with Crippen molar-refractivity contribution in [2.75, 3.05) is 23.3 Å². The van der Waals surface area contributed by atoms with E-state index in [1.807, 2.05) is 12.1 Å². The van der Waals surface area contributed by atoms with Crippen molar-refractivity contribution in [1.82, 2.24) is 4.98 Å². The van der Waals surface area contributed by atoms with Gasteiger partial charge < -0.3 is 16.0 Å². The lowest BCUT2D eigenvalue weighted by atomic mass is 10.1. The quantitative estimate of drug-likeness (QED) is 0.879. The second-order valence-corrected chi connectivity index (χ2v) is 6.37.